The molecule has 1 heterocycles. The van der Waals surface area contributed by atoms with Crippen LogP contribution in [0.2, 0.25) is 0 Å². The molecule has 0 unspecified atom stereocenters. The molecule has 6 heteroatoms. The minimum absolute atomic E-state index is 0.0550. The summed E-state index contributed by atoms with van der Waals surface area (Å²) < 4.78 is 32.2. The molecule has 0 aliphatic heterocycles. The van der Waals surface area contributed by atoms with Gasteiger partial charge in [0.2, 0.25) is 0 Å². The van der Waals surface area contributed by atoms with Gasteiger partial charge in [-0.25, -0.2) is 8.78 Å². The number of halogens is 2. The van der Waals surface area contributed by atoms with E-state index >= 15 is 0 Å². The predicted octanol–water partition coefficient (Wildman–Crippen LogP) is 2.48. The SMILES string of the molecule is Cc1cc(CN(C)c2c(F)cc(N)cc2F)no1. The maximum absolute atomic E-state index is 13.7. The fourth-order valence-electron chi connectivity index (χ4n) is 1.76. The third kappa shape index (κ3) is 2.42. The Labute approximate surface area is 103 Å². The van der Waals surface area contributed by atoms with Gasteiger partial charge in [0.05, 0.1) is 6.54 Å². The second-order valence-corrected chi connectivity index (χ2v) is 4.12. The summed E-state index contributed by atoms with van der Waals surface area (Å²) in [6, 6.07) is 3.88. The van der Waals surface area contributed by atoms with E-state index < -0.39 is 11.6 Å². The lowest BCUT2D eigenvalue weighted by atomic mass is 10.2. The molecule has 4 nitrogen and oxygen atoms in total. The second-order valence-electron chi connectivity index (χ2n) is 4.12. The van der Waals surface area contributed by atoms with Crippen LogP contribution in [0.1, 0.15) is 11.5 Å². The van der Waals surface area contributed by atoms with Gasteiger partial charge in [0.25, 0.3) is 0 Å². The summed E-state index contributed by atoms with van der Waals surface area (Å²) in [6.45, 7) is 2.00. The fourth-order valence-corrected chi connectivity index (χ4v) is 1.76. The van der Waals surface area contributed by atoms with E-state index in [0.717, 1.165) is 12.1 Å². The highest BCUT2D eigenvalue weighted by Crippen LogP contribution is 2.26. The summed E-state index contributed by atoms with van der Waals surface area (Å²) >= 11 is 0. The summed E-state index contributed by atoms with van der Waals surface area (Å²) in [5, 5.41) is 3.77. The summed E-state index contributed by atoms with van der Waals surface area (Å²) in [4.78, 5) is 1.42. The van der Waals surface area contributed by atoms with Crippen molar-refractivity contribution >= 4 is 11.4 Å². The summed E-state index contributed by atoms with van der Waals surface area (Å²) in [6.07, 6.45) is 0. The largest absolute Gasteiger partial charge is 0.399 e. The van der Waals surface area contributed by atoms with Crippen LogP contribution in [0.3, 0.4) is 0 Å². The van der Waals surface area contributed by atoms with Crippen LogP contribution >= 0.6 is 0 Å². The number of aryl methyl sites for hydroxylation is 1. The zero-order valence-corrected chi connectivity index (χ0v) is 10.1. The third-order valence-corrected chi connectivity index (χ3v) is 2.50. The van der Waals surface area contributed by atoms with Crippen LogP contribution in [-0.4, -0.2) is 12.2 Å². The van der Waals surface area contributed by atoms with Crippen LogP contribution in [-0.2, 0) is 6.54 Å². The number of nitrogens with two attached hydrogens (primary N) is 1. The van der Waals surface area contributed by atoms with Gasteiger partial charge in [-0.15, -0.1) is 0 Å². The zero-order chi connectivity index (χ0) is 13.3. The molecule has 0 radical (unpaired) electrons. The molecule has 0 amide bonds. The van der Waals surface area contributed by atoms with Crippen LogP contribution < -0.4 is 10.6 Å². The van der Waals surface area contributed by atoms with Gasteiger partial charge in [0.1, 0.15) is 17.1 Å². The van der Waals surface area contributed by atoms with Crippen molar-refractivity contribution in [2.75, 3.05) is 17.7 Å². The van der Waals surface area contributed by atoms with E-state index in [4.69, 9.17) is 10.3 Å². The Morgan fingerprint density at radius 2 is 1.89 bits per heavy atom. The average molecular weight is 253 g/mol. The van der Waals surface area contributed by atoms with Crippen LogP contribution in [0.15, 0.2) is 22.7 Å². The molecule has 18 heavy (non-hydrogen) atoms. The van der Waals surface area contributed by atoms with Gasteiger partial charge in [-0.2, -0.15) is 0 Å². The van der Waals surface area contributed by atoms with E-state index in [1.54, 1.807) is 20.0 Å². The van der Waals surface area contributed by atoms with Gasteiger partial charge in [-0.1, -0.05) is 5.16 Å². The average Bonchev–Trinajstić information content (AvgIpc) is 2.62. The summed E-state index contributed by atoms with van der Waals surface area (Å²) in [7, 11) is 1.57. The Morgan fingerprint density at radius 3 is 2.39 bits per heavy atom. The van der Waals surface area contributed by atoms with Crippen LogP contribution in [0.5, 0.6) is 0 Å². The molecule has 0 atom stereocenters. The molecule has 2 aromatic rings. The highest BCUT2D eigenvalue weighted by molar-refractivity contribution is 5.55. The molecule has 0 fully saturated rings. The lowest BCUT2D eigenvalue weighted by Gasteiger charge is -2.19. The van der Waals surface area contributed by atoms with Gasteiger partial charge in [-0.3, -0.25) is 0 Å². The molecule has 0 bridgehead atoms. The monoisotopic (exact) mass is 253 g/mol. The standard InChI is InChI=1S/C12H13F2N3O/c1-7-3-9(16-18-7)6-17(2)12-10(13)4-8(15)5-11(12)14/h3-5H,6,15H2,1-2H3. The van der Waals surface area contributed by atoms with Crippen LogP contribution in [0.25, 0.3) is 0 Å². The molecule has 0 aliphatic carbocycles. The number of hydrogen-bond acceptors (Lipinski definition) is 4. The molecule has 0 saturated heterocycles. The smallest absolute Gasteiger partial charge is 0.151 e. The predicted molar refractivity (Wildman–Crippen MR) is 64.1 cm³/mol. The number of hydrogen-bond donors (Lipinski definition) is 1. The highest BCUT2D eigenvalue weighted by Gasteiger charge is 2.16. The lowest BCUT2D eigenvalue weighted by molar-refractivity contribution is 0.390. The molecular formula is C12H13F2N3O. The van der Waals surface area contributed by atoms with Gasteiger partial charge >= 0.3 is 0 Å². The summed E-state index contributed by atoms with van der Waals surface area (Å²) in [5.74, 6) is -0.748. The molecule has 1 aromatic heterocycles. The van der Waals surface area contributed by atoms with E-state index in [2.05, 4.69) is 5.16 Å². The van der Waals surface area contributed by atoms with Crippen molar-refractivity contribution in [1.82, 2.24) is 5.16 Å². The molecule has 2 rings (SSSR count). The van der Waals surface area contributed by atoms with E-state index in [9.17, 15) is 8.78 Å². The van der Waals surface area contributed by atoms with E-state index in [0.29, 0.717) is 11.5 Å². The molecule has 0 saturated carbocycles. The number of nitrogens with zero attached hydrogens (tertiary/aromatic N) is 2. The number of anilines is 2. The van der Waals surface area contributed by atoms with Crippen molar-refractivity contribution in [3.8, 4) is 0 Å². The van der Waals surface area contributed by atoms with Crippen molar-refractivity contribution in [3.63, 3.8) is 0 Å². The van der Waals surface area contributed by atoms with Gasteiger partial charge in [0.15, 0.2) is 11.6 Å². The minimum atomic E-state index is -0.699. The molecule has 2 N–H and O–H groups in total. The Hall–Kier alpha value is -2.11. The molecular weight excluding hydrogens is 240 g/mol. The van der Waals surface area contributed by atoms with E-state index in [1.165, 1.54) is 4.90 Å². The van der Waals surface area contributed by atoms with E-state index in [1.807, 2.05) is 0 Å². The summed E-state index contributed by atoms with van der Waals surface area (Å²) in [5.41, 5.74) is 5.88. The van der Waals surface area contributed by atoms with Crippen molar-refractivity contribution in [3.05, 3.63) is 41.3 Å². The third-order valence-electron chi connectivity index (χ3n) is 2.50. The number of nitrogen functional groups attached to an aromatic ring is 1. The second kappa shape index (κ2) is 4.64. The number of aromatic nitrogens is 1. The number of rotatable bonds is 3. The Bertz CT molecular complexity index is 545. The van der Waals surface area contributed by atoms with Crippen LogP contribution in [0.4, 0.5) is 20.2 Å². The minimum Gasteiger partial charge on any atom is -0.399 e. The molecule has 1 aromatic carbocycles. The van der Waals surface area contributed by atoms with Crippen LogP contribution in [0, 0.1) is 18.6 Å². The van der Waals surface area contributed by atoms with Crippen molar-refractivity contribution < 1.29 is 13.3 Å². The highest BCUT2D eigenvalue weighted by atomic mass is 19.1. The first-order valence-electron chi connectivity index (χ1n) is 5.35. The Balaban J connectivity index is 2.26. The first kappa shape index (κ1) is 12.3. The fraction of sp³-hybridized carbons (Fsp3) is 0.250. The topological polar surface area (TPSA) is 55.3 Å². The van der Waals surface area contributed by atoms with Crippen molar-refractivity contribution in [2.45, 2.75) is 13.5 Å². The first-order valence-corrected chi connectivity index (χ1v) is 5.35. The lowest BCUT2D eigenvalue weighted by Crippen LogP contribution is -2.19. The normalized spacial score (nSPS) is 10.7. The van der Waals surface area contributed by atoms with Crippen molar-refractivity contribution in [1.29, 1.82) is 0 Å². The first-order chi connectivity index (χ1) is 8.47. The van der Waals surface area contributed by atoms with Crippen molar-refractivity contribution in [2.24, 2.45) is 0 Å². The Kier molecular flexibility index (Phi) is 3.18. The Morgan fingerprint density at radius 1 is 1.28 bits per heavy atom. The van der Waals surface area contributed by atoms with E-state index in [-0.39, 0.29) is 17.9 Å². The maximum Gasteiger partial charge on any atom is 0.151 e. The molecule has 0 aliphatic rings. The molecule has 0 spiro atoms. The quantitative estimate of drug-likeness (QED) is 0.854. The van der Waals surface area contributed by atoms with Gasteiger partial charge < -0.3 is 15.2 Å². The van der Waals surface area contributed by atoms with Gasteiger partial charge in [-0.05, 0) is 19.1 Å². The maximum atomic E-state index is 13.7. The zero-order valence-electron chi connectivity index (χ0n) is 10.1. The number of benzene rings is 1. The van der Waals surface area contributed by atoms with Gasteiger partial charge in [0, 0.05) is 18.8 Å². The molecule has 96 valence electrons.